The predicted octanol–water partition coefficient (Wildman–Crippen LogP) is -5.76. The van der Waals surface area contributed by atoms with Crippen LogP contribution in [0.2, 0.25) is 0 Å². The van der Waals surface area contributed by atoms with Crippen LogP contribution in [0.15, 0.2) is 0 Å². The summed E-state index contributed by atoms with van der Waals surface area (Å²) < 4.78 is 10.1. The van der Waals surface area contributed by atoms with E-state index < -0.39 is 74.9 Å². The highest BCUT2D eigenvalue weighted by molar-refractivity contribution is 4.91. The van der Waals surface area contributed by atoms with Crippen molar-refractivity contribution in [3.8, 4) is 0 Å². The minimum atomic E-state index is -1.85. The second kappa shape index (κ2) is 9.15. The Morgan fingerprint density at radius 3 is 1.87 bits per heavy atom. The zero-order valence-electron chi connectivity index (χ0n) is 12.2. The molecule has 0 aromatic rings. The average molecular weight is 344 g/mol. The van der Waals surface area contributed by atoms with Crippen LogP contribution in [-0.4, -0.2) is 121 Å². The summed E-state index contributed by atoms with van der Waals surface area (Å²) in [6.45, 7) is -2.45. The minimum absolute atomic E-state index is 0.708. The molecule has 1 heterocycles. The lowest BCUT2D eigenvalue weighted by molar-refractivity contribution is -0.327. The lowest BCUT2D eigenvalue weighted by Gasteiger charge is -2.42. The lowest BCUT2D eigenvalue weighted by Crippen LogP contribution is -2.61. The van der Waals surface area contributed by atoms with Gasteiger partial charge >= 0.3 is 0 Å². The van der Waals surface area contributed by atoms with E-state index in [1.165, 1.54) is 0 Å². The molecule has 0 radical (unpaired) electrons. The van der Waals surface area contributed by atoms with E-state index in [0.717, 1.165) is 0 Å². The van der Waals surface area contributed by atoms with Gasteiger partial charge in [0.2, 0.25) is 0 Å². The first-order valence-corrected chi connectivity index (χ1v) is 7.00. The maximum atomic E-state index is 9.83. The van der Waals surface area contributed by atoms with Crippen molar-refractivity contribution in [1.29, 1.82) is 0 Å². The standard InChI is InChI=1S/C12H24O11/c13-1-4(16)7(18)11(5(17)2-14)23-12-10(21)9(20)8(19)6(3-15)22-12/h4-21H,1-3H2/t4-,5+,6+,7+,8+,9-,10+,11?,12+/m0/s1. The lowest BCUT2D eigenvalue weighted by atomic mass is 9.98. The van der Waals surface area contributed by atoms with E-state index in [0.29, 0.717) is 0 Å². The van der Waals surface area contributed by atoms with Crippen LogP contribution in [0, 0.1) is 0 Å². The van der Waals surface area contributed by atoms with Crippen LogP contribution >= 0.6 is 0 Å². The van der Waals surface area contributed by atoms with Crippen LogP contribution < -0.4 is 0 Å². The van der Waals surface area contributed by atoms with Gasteiger partial charge in [-0.05, 0) is 0 Å². The molecule has 23 heavy (non-hydrogen) atoms. The second-order valence-corrected chi connectivity index (χ2v) is 5.29. The molecule has 0 saturated carbocycles. The van der Waals surface area contributed by atoms with Crippen molar-refractivity contribution in [1.82, 2.24) is 0 Å². The largest absolute Gasteiger partial charge is 0.394 e. The van der Waals surface area contributed by atoms with E-state index in [1.807, 2.05) is 0 Å². The quantitative estimate of drug-likeness (QED) is 0.203. The van der Waals surface area contributed by atoms with Crippen LogP contribution in [0.3, 0.4) is 0 Å². The van der Waals surface area contributed by atoms with Crippen LogP contribution in [0.4, 0.5) is 0 Å². The normalized spacial score (nSPS) is 37.2. The summed E-state index contributed by atoms with van der Waals surface area (Å²) in [6.07, 6.45) is -15.1. The molecule has 0 bridgehead atoms. The van der Waals surface area contributed by atoms with E-state index in [4.69, 9.17) is 24.8 Å². The molecule has 0 aromatic heterocycles. The van der Waals surface area contributed by atoms with Crippen molar-refractivity contribution >= 4 is 0 Å². The molecule has 1 fully saturated rings. The molecule has 0 spiro atoms. The maximum Gasteiger partial charge on any atom is 0.187 e. The Balaban J connectivity index is 2.89. The van der Waals surface area contributed by atoms with Crippen LogP contribution in [0.1, 0.15) is 0 Å². The van der Waals surface area contributed by atoms with Crippen molar-refractivity contribution in [2.45, 2.75) is 55.1 Å². The first kappa shape index (κ1) is 20.6. The van der Waals surface area contributed by atoms with Gasteiger partial charge in [-0.2, -0.15) is 0 Å². The molecular weight excluding hydrogens is 320 g/mol. The third kappa shape index (κ3) is 4.78. The number of aliphatic hydroxyl groups excluding tert-OH is 9. The van der Waals surface area contributed by atoms with Crippen molar-refractivity contribution in [3.63, 3.8) is 0 Å². The molecule has 138 valence electrons. The Morgan fingerprint density at radius 1 is 0.826 bits per heavy atom. The Bertz CT molecular complexity index is 341. The molecule has 11 heteroatoms. The van der Waals surface area contributed by atoms with Gasteiger partial charge in [-0.25, -0.2) is 0 Å². The highest BCUT2D eigenvalue weighted by Gasteiger charge is 2.46. The monoisotopic (exact) mass is 344 g/mol. The molecule has 9 atom stereocenters. The fourth-order valence-corrected chi connectivity index (χ4v) is 2.16. The summed E-state index contributed by atoms with van der Waals surface area (Å²) >= 11 is 0. The number of aliphatic hydroxyl groups is 9. The first-order valence-electron chi connectivity index (χ1n) is 7.00. The highest BCUT2D eigenvalue weighted by atomic mass is 16.7. The van der Waals surface area contributed by atoms with Gasteiger partial charge in [-0.3, -0.25) is 0 Å². The summed E-state index contributed by atoms with van der Waals surface area (Å²) in [4.78, 5) is 0. The van der Waals surface area contributed by atoms with Gasteiger partial charge in [0.15, 0.2) is 6.29 Å². The summed E-state index contributed by atoms with van der Waals surface area (Å²) in [6, 6.07) is 0. The molecule has 0 amide bonds. The zero-order valence-corrected chi connectivity index (χ0v) is 12.2. The van der Waals surface area contributed by atoms with Crippen molar-refractivity contribution in [2.24, 2.45) is 0 Å². The molecule has 1 aliphatic rings. The summed E-state index contributed by atoms with van der Waals surface area (Å²) in [5.74, 6) is 0. The number of rotatable bonds is 8. The van der Waals surface area contributed by atoms with E-state index in [9.17, 15) is 30.6 Å². The fourth-order valence-electron chi connectivity index (χ4n) is 2.16. The molecule has 1 rings (SSSR count). The maximum absolute atomic E-state index is 9.83. The van der Waals surface area contributed by atoms with Gasteiger partial charge in [-0.1, -0.05) is 0 Å². The van der Waals surface area contributed by atoms with Crippen molar-refractivity contribution < 1.29 is 55.4 Å². The molecule has 1 unspecified atom stereocenters. The molecule has 0 aromatic carbocycles. The Morgan fingerprint density at radius 2 is 1.39 bits per heavy atom. The van der Waals surface area contributed by atoms with Gasteiger partial charge < -0.3 is 55.4 Å². The van der Waals surface area contributed by atoms with Gasteiger partial charge in [0.05, 0.1) is 19.8 Å². The first-order chi connectivity index (χ1) is 10.8. The zero-order chi connectivity index (χ0) is 17.7. The Hall–Kier alpha value is -0.440. The molecular formula is C12H24O11. The van der Waals surface area contributed by atoms with Crippen molar-refractivity contribution in [3.05, 3.63) is 0 Å². The smallest absolute Gasteiger partial charge is 0.187 e. The Kier molecular flexibility index (Phi) is 8.20. The van der Waals surface area contributed by atoms with Gasteiger partial charge in [-0.15, -0.1) is 0 Å². The van der Waals surface area contributed by atoms with Gasteiger partial charge in [0.1, 0.15) is 48.8 Å². The van der Waals surface area contributed by atoms with Crippen LogP contribution in [0.25, 0.3) is 0 Å². The molecule has 9 N–H and O–H groups in total. The molecule has 1 saturated heterocycles. The number of ether oxygens (including phenoxy) is 2. The van der Waals surface area contributed by atoms with E-state index >= 15 is 0 Å². The summed E-state index contributed by atoms with van der Waals surface area (Å²) in [5.41, 5.74) is 0. The van der Waals surface area contributed by atoms with Gasteiger partial charge in [0.25, 0.3) is 0 Å². The average Bonchev–Trinajstić information content (AvgIpc) is 2.57. The number of hydrogen-bond donors (Lipinski definition) is 9. The summed E-state index contributed by atoms with van der Waals surface area (Å²) in [5, 5.41) is 84.9. The van der Waals surface area contributed by atoms with Crippen LogP contribution in [0.5, 0.6) is 0 Å². The van der Waals surface area contributed by atoms with E-state index in [-0.39, 0.29) is 0 Å². The highest BCUT2D eigenvalue weighted by Crippen LogP contribution is 2.24. The fraction of sp³-hybridized carbons (Fsp3) is 1.00. The third-order valence-corrected chi connectivity index (χ3v) is 3.62. The summed E-state index contributed by atoms with van der Waals surface area (Å²) in [7, 11) is 0. The second-order valence-electron chi connectivity index (χ2n) is 5.29. The van der Waals surface area contributed by atoms with Crippen molar-refractivity contribution in [2.75, 3.05) is 19.8 Å². The van der Waals surface area contributed by atoms with E-state index in [1.54, 1.807) is 0 Å². The number of hydrogen-bond acceptors (Lipinski definition) is 11. The minimum Gasteiger partial charge on any atom is -0.394 e. The molecule has 1 aliphatic heterocycles. The predicted molar refractivity (Wildman–Crippen MR) is 70.8 cm³/mol. The SMILES string of the molecule is OC[C@@H](O)C(O[C@H]1O[C@H](CO)[C@@H](O)[C@H](O)[C@H]1O)[C@H](O)[C@@H](O)CO. The third-order valence-electron chi connectivity index (χ3n) is 3.62. The molecule has 11 nitrogen and oxygen atoms in total. The Labute approximate surface area is 131 Å². The molecule has 0 aliphatic carbocycles. The van der Waals surface area contributed by atoms with E-state index in [2.05, 4.69) is 0 Å². The topological polar surface area (TPSA) is 201 Å². The van der Waals surface area contributed by atoms with Gasteiger partial charge in [0, 0.05) is 0 Å². The van der Waals surface area contributed by atoms with Crippen LogP contribution in [-0.2, 0) is 9.47 Å².